The van der Waals surface area contributed by atoms with Crippen LogP contribution in [0.5, 0.6) is 0 Å². The third-order valence-electron chi connectivity index (χ3n) is 4.78. The highest BCUT2D eigenvalue weighted by Gasteiger charge is 2.36. The van der Waals surface area contributed by atoms with Crippen LogP contribution in [0.25, 0.3) is 5.65 Å². The Bertz CT molecular complexity index is 1060. The van der Waals surface area contributed by atoms with Gasteiger partial charge in [0.1, 0.15) is 6.54 Å². The number of thioether (sulfide) groups is 1. The molecule has 9 heteroatoms. The van der Waals surface area contributed by atoms with E-state index >= 15 is 0 Å². The highest BCUT2D eigenvalue weighted by atomic mass is 32.2. The number of carbonyl (C=O) groups excluding carboxylic acids is 3. The van der Waals surface area contributed by atoms with Crippen LogP contribution in [-0.4, -0.2) is 55.8 Å². The number of imide groups is 1. The lowest BCUT2D eigenvalue weighted by Crippen LogP contribution is -2.42. The van der Waals surface area contributed by atoms with Crippen molar-refractivity contribution >= 4 is 35.1 Å². The molecule has 29 heavy (non-hydrogen) atoms. The molecule has 1 N–H and O–H groups in total. The second kappa shape index (κ2) is 8.04. The number of nitrogens with one attached hydrogen (secondary N) is 1. The molecule has 1 aliphatic rings. The van der Waals surface area contributed by atoms with Gasteiger partial charge in [-0.25, -0.2) is 0 Å². The number of aromatic nitrogens is 3. The maximum atomic E-state index is 12.7. The summed E-state index contributed by atoms with van der Waals surface area (Å²) in [4.78, 5) is 38.7. The van der Waals surface area contributed by atoms with Gasteiger partial charge in [-0.1, -0.05) is 18.2 Å². The Morgan fingerprint density at radius 2 is 1.76 bits per heavy atom. The van der Waals surface area contributed by atoms with Gasteiger partial charge >= 0.3 is 0 Å². The molecule has 0 saturated carbocycles. The predicted octanol–water partition coefficient (Wildman–Crippen LogP) is 1.94. The topological polar surface area (TPSA) is 96.7 Å². The van der Waals surface area contributed by atoms with Crippen LogP contribution in [0.3, 0.4) is 0 Å². The summed E-state index contributed by atoms with van der Waals surface area (Å²) in [7, 11) is 0. The molecule has 3 amide bonds. The zero-order chi connectivity index (χ0) is 20.4. The lowest BCUT2D eigenvalue weighted by atomic mass is 10.1. The summed E-state index contributed by atoms with van der Waals surface area (Å²) in [5.74, 6) is 0.104. The molecule has 0 spiro atoms. The number of hydrogen-bond donors (Lipinski definition) is 1. The maximum Gasteiger partial charge on any atom is 0.262 e. The van der Waals surface area contributed by atoms with Gasteiger partial charge in [0, 0.05) is 6.20 Å². The van der Waals surface area contributed by atoms with Crippen molar-refractivity contribution in [2.45, 2.75) is 12.5 Å². The van der Waals surface area contributed by atoms with Crippen molar-refractivity contribution in [3.05, 3.63) is 65.6 Å². The molecule has 0 unspecified atom stereocenters. The first-order chi connectivity index (χ1) is 14.1. The number of fused-ring (bicyclic) bond motifs is 2. The van der Waals surface area contributed by atoms with Crippen LogP contribution in [0.15, 0.2) is 48.7 Å². The fraction of sp³-hybridized carbons (Fsp3) is 0.250. The molecule has 3 heterocycles. The van der Waals surface area contributed by atoms with Gasteiger partial charge in [-0.15, -0.1) is 10.2 Å². The summed E-state index contributed by atoms with van der Waals surface area (Å²) in [6, 6.07) is 11.8. The monoisotopic (exact) mass is 409 g/mol. The lowest BCUT2D eigenvalue weighted by molar-refractivity contribution is -0.122. The van der Waals surface area contributed by atoms with Gasteiger partial charge in [0.15, 0.2) is 11.5 Å². The molecule has 1 aliphatic heterocycles. The van der Waals surface area contributed by atoms with Gasteiger partial charge in [-0.05, 0) is 42.7 Å². The molecule has 1 atom stereocenters. The van der Waals surface area contributed by atoms with Gasteiger partial charge in [0.05, 0.1) is 17.2 Å². The molecule has 0 radical (unpaired) electrons. The molecule has 8 nitrogen and oxygen atoms in total. The normalized spacial score (nSPS) is 14.3. The first-order valence-electron chi connectivity index (χ1n) is 9.13. The first kappa shape index (κ1) is 19.1. The Morgan fingerprint density at radius 3 is 2.45 bits per heavy atom. The SMILES string of the molecule is CSCC[C@@H](NC(=O)CN1C(=O)c2ccccc2C1=O)c1nnc2ccccn12. The molecule has 0 bridgehead atoms. The van der Waals surface area contributed by atoms with E-state index in [9.17, 15) is 14.4 Å². The van der Waals surface area contributed by atoms with Gasteiger partial charge < -0.3 is 5.32 Å². The number of carbonyl (C=O) groups is 3. The van der Waals surface area contributed by atoms with E-state index in [1.807, 2.05) is 35.1 Å². The summed E-state index contributed by atoms with van der Waals surface area (Å²) in [6.45, 7) is -0.334. The number of amides is 3. The molecule has 1 aromatic carbocycles. The smallest absolute Gasteiger partial charge is 0.262 e. The maximum absolute atomic E-state index is 12.7. The molecular weight excluding hydrogens is 390 g/mol. The number of nitrogens with zero attached hydrogens (tertiary/aromatic N) is 4. The fourth-order valence-electron chi connectivity index (χ4n) is 3.37. The molecule has 2 aromatic heterocycles. The van der Waals surface area contributed by atoms with Crippen LogP contribution in [0.2, 0.25) is 0 Å². The van der Waals surface area contributed by atoms with Crippen molar-refractivity contribution in [1.82, 2.24) is 24.8 Å². The van der Waals surface area contributed by atoms with Crippen LogP contribution in [0, 0.1) is 0 Å². The Hall–Kier alpha value is -3.20. The summed E-state index contributed by atoms with van der Waals surface area (Å²) in [5.41, 5.74) is 1.34. The van der Waals surface area contributed by atoms with Crippen LogP contribution in [0.4, 0.5) is 0 Å². The van der Waals surface area contributed by atoms with Gasteiger partial charge in [-0.3, -0.25) is 23.7 Å². The van der Waals surface area contributed by atoms with E-state index in [0.29, 0.717) is 29.0 Å². The minimum Gasteiger partial charge on any atom is -0.344 e. The Balaban J connectivity index is 1.52. The van der Waals surface area contributed by atoms with Gasteiger partial charge in [0.2, 0.25) is 5.91 Å². The minimum absolute atomic E-state index is 0.327. The second-order valence-electron chi connectivity index (χ2n) is 6.63. The zero-order valence-corrected chi connectivity index (χ0v) is 16.6. The number of hydrogen-bond acceptors (Lipinski definition) is 6. The number of benzene rings is 1. The van der Waals surface area contributed by atoms with E-state index in [-0.39, 0.29) is 12.6 Å². The molecule has 3 aromatic rings. The number of rotatable bonds is 7. The van der Waals surface area contributed by atoms with Gasteiger partial charge in [0.25, 0.3) is 11.8 Å². The van der Waals surface area contributed by atoms with Crippen molar-refractivity contribution in [3.63, 3.8) is 0 Å². The summed E-state index contributed by atoms with van der Waals surface area (Å²) < 4.78 is 1.83. The lowest BCUT2D eigenvalue weighted by Gasteiger charge is -2.19. The Morgan fingerprint density at radius 1 is 1.07 bits per heavy atom. The molecule has 0 aliphatic carbocycles. The van der Waals surface area contributed by atoms with E-state index in [4.69, 9.17) is 0 Å². The molecule has 4 rings (SSSR count). The minimum atomic E-state index is -0.450. The van der Waals surface area contributed by atoms with Crippen molar-refractivity contribution in [1.29, 1.82) is 0 Å². The highest BCUT2D eigenvalue weighted by molar-refractivity contribution is 7.98. The predicted molar refractivity (Wildman–Crippen MR) is 109 cm³/mol. The molecular formula is C20H19N5O3S. The van der Waals surface area contributed by atoms with Crippen LogP contribution < -0.4 is 5.32 Å². The summed E-state index contributed by atoms with van der Waals surface area (Å²) in [6.07, 6.45) is 4.47. The van der Waals surface area contributed by atoms with Crippen LogP contribution in [0.1, 0.15) is 39.0 Å². The summed E-state index contributed by atoms with van der Waals surface area (Å²) >= 11 is 1.66. The van der Waals surface area contributed by atoms with Crippen molar-refractivity contribution in [3.8, 4) is 0 Å². The average Bonchev–Trinajstić information content (AvgIpc) is 3.27. The molecule has 148 valence electrons. The average molecular weight is 409 g/mol. The van der Waals surface area contributed by atoms with Gasteiger partial charge in [-0.2, -0.15) is 11.8 Å². The first-order valence-corrected chi connectivity index (χ1v) is 10.5. The van der Waals surface area contributed by atoms with E-state index in [2.05, 4.69) is 15.5 Å². The standard InChI is InChI=1S/C20H19N5O3S/c1-29-11-9-15(18-23-22-16-8-4-5-10-24(16)18)21-17(26)12-25-19(27)13-6-2-3-7-14(13)20(25)28/h2-8,10,15H,9,11-12H2,1H3,(H,21,26)/t15-/m1/s1. The largest absolute Gasteiger partial charge is 0.344 e. The Kier molecular flexibility index (Phi) is 5.30. The Labute approximate surface area is 171 Å². The quantitative estimate of drug-likeness (QED) is 0.599. The van der Waals surface area contributed by atoms with E-state index < -0.39 is 17.7 Å². The van der Waals surface area contributed by atoms with E-state index in [0.717, 1.165) is 10.7 Å². The number of pyridine rings is 1. The van der Waals surface area contributed by atoms with Crippen molar-refractivity contribution in [2.24, 2.45) is 0 Å². The molecule has 0 saturated heterocycles. The van der Waals surface area contributed by atoms with E-state index in [1.165, 1.54) is 0 Å². The summed E-state index contributed by atoms with van der Waals surface area (Å²) in [5, 5.41) is 11.3. The van der Waals surface area contributed by atoms with Crippen molar-refractivity contribution < 1.29 is 14.4 Å². The van der Waals surface area contributed by atoms with Crippen LogP contribution in [-0.2, 0) is 4.79 Å². The van der Waals surface area contributed by atoms with E-state index in [1.54, 1.807) is 36.0 Å². The molecule has 0 fully saturated rings. The van der Waals surface area contributed by atoms with Crippen molar-refractivity contribution in [2.75, 3.05) is 18.6 Å². The highest BCUT2D eigenvalue weighted by Crippen LogP contribution is 2.23. The third-order valence-corrected chi connectivity index (χ3v) is 5.42. The van der Waals surface area contributed by atoms with Crippen LogP contribution >= 0.6 is 11.8 Å². The fourth-order valence-corrected chi connectivity index (χ4v) is 3.84. The second-order valence-corrected chi connectivity index (χ2v) is 7.62. The zero-order valence-electron chi connectivity index (χ0n) is 15.7. The third kappa shape index (κ3) is 3.61.